The molecule has 0 saturated heterocycles. The maximum Gasteiger partial charge on any atom is 0.199 e. The Labute approximate surface area is 102 Å². The van der Waals surface area contributed by atoms with Crippen molar-refractivity contribution in [3.8, 4) is 16.4 Å². The maximum atomic E-state index is 5.78. The van der Waals surface area contributed by atoms with Gasteiger partial charge in [0.2, 0.25) is 0 Å². The molecule has 0 amide bonds. The minimum atomic E-state index is 0.551. The van der Waals surface area contributed by atoms with Crippen molar-refractivity contribution in [3.05, 3.63) is 30.5 Å². The molecule has 0 unspecified atom stereocenters. The second kappa shape index (κ2) is 3.78. The van der Waals surface area contributed by atoms with E-state index in [9.17, 15) is 0 Å². The van der Waals surface area contributed by atoms with Crippen molar-refractivity contribution in [3.63, 3.8) is 0 Å². The van der Waals surface area contributed by atoms with Crippen LogP contribution in [0.25, 0.3) is 20.7 Å². The summed E-state index contributed by atoms with van der Waals surface area (Å²) < 4.78 is 11.6. The highest BCUT2D eigenvalue weighted by atomic mass is 32.1. The second-order valence-electron chi connectivity index (χ2n) is 3.60. The third-order valence-electron chi connectivity index (χ3n) is 2.55. The van der Waals surface area contributed by atoms with E-state index in [0.717, 1.165) is 20.7 Å². The fourth-order valence-corrected chi connectivity index (χ4v) is 2.89. The molecule has 3 aromatic rings. The van der Waals surface area contributed by atoms with Gasteiger partial charge >= 0.3 is 0 Å². The summed E-state index contributed by atoms with van der Waals surface area (Å²) in [6.07, 6.45) is 1.51. The Bertz CT molecular complexity index is 672. The molecule has 2 N–H and O–H groups in total. The smallest absolute Gasteiger partial charge is 0.199 e. The summed E-state index contributed by atoms with van der Waals surface area (Å²) in [7, 11) is 1.66. The number of aromatic nitrogens is 1. The number of fused-ring (bicyclic) bond motifs is 1. The lowest BCUT2D eigenvalue weighted by Crippen LogP contribution is -1.81. The first kappa shape index (κ1) is 10.2. The van der Waals surface area contributed by atoms with Crippen LogP contribution in [0.5, 0.6) is 5.75 Å². The van der Waals surface area contributed by atoms with Crippen molar-refractivity contribution in [2.75, 3.05) is 12.8 Å². The Morgan fingerprint density at radius 3 is 3.00 bits per heavy atom. The average molecular weight is 246 g/mol. The third-order valence-corrected chi connectivity index (χ3v) is 3.71. The number of rotatable bonds is 2. The van der Waals surface area contributed by atoms with Gasteiger partial charge < -0.3 is 15.0 Å². The average Bonchev–Trinajstić information content (AvgIpc) is 2.93. The van der Waals surface area contributed by atoms with Crippen molar-refractivity contribution < 1.29 is 9.26 Å². The lowest BCUT2D eigenvalue weighted by molar-refractivity contribution is 0.420. The molecule has 0 aliphatic carbocycles. The van der Waals surface area contributed by atoms with Crippen LogP contribution in [0.1, 0.15) is 0 Å². The number of methoxy groups -OCH3 is 1. The van der Waals surface area contributed by atoms with E-state index in [1.807, 2.05) is 24.3 Å². The van der Waals surface area contributed by atoms with Crippen molar-refractivity contribution in [1.29, 1.82) is 0 Å². The van der Waals surface area contributed by atoms with Crippen LogP contribution in [0.4, 0.5) is 5.69 Å². The highest BCUT2D eigenvalue weighted by molar-refractivity contribution is 7.22. The quantitative estimate of drug-likeness (QED) is 0.754. The van der Waals surface area contributed by atoms with Crippen LogP contribution < -0.4 is 10.5 Å². The summed E-state index contributed by atoms with van der Waals surface area (Å²) in [5.74, 6) is 1.48. The normalized spacial score (nSPS) is 10.9. The zero-order chi connectivity index (χ0) is 11.8. The molecule has 0 radical (unpaired) electrons. The van der Waals surface area contributed by atoms with E-state index >= 15 is 0 Å². The van der Waals surface area contributed by atoms with Crippen molar-refractivity contribution in [2.45, 2.75) is 0 Å². The van der Waals surface area contributed by atoms with Crippen LogP contribution in [0, 0.1) is 0 Å². The Balaban J connectivity index is 2.24. The van der Waals surface area contributed by atoms with E-state index in [1.165, 1.54) is 6.20 Å². The summed E-state index contributed by atoms with van der Waals surface area (Å²) in [6, 6.07) is 7.96. The van der Waals surface area contributed by atoms with Crippen LogP contribution in [0.15, 0.2) is 35.0 Å². The zero-order valence-electron chi connectivity index (χ0n) is 9.14. The van der Waals surface area contributed by atoms with Crippen molar-refractivity contribution >= 4 is 27.1 Å². The number of ether oxygens (including phenoxy) is 1. The third kappa shape index (κ3) is 1.55. The lowest BCUT2D eigenvalue weighted by Gasteiger charge is -1.98. The fourth-order valence-electron chi connectivity index (χ4n) is 1.74. The number of hydrogen-bond acceptors (Lipinski definition) is 5. The molecule has 17 heavy (non-hydrogen) atoms. The summed E-state index contributed by atoms with van der Waals surface area (Å²) in [5, 5.41) is 4.80. The number of anilines is 1. The largest absolute Gasteiger partial charge is 0.495 e. The van der Waals surface area contributed by atoms with E-state index in [1.54, 1.807) is 18.4 Å². The maximum absolute atomic E-state index is 5.78. The zero-order valence-corrected chi connectivity index (χ0v) is 9.95. The summed E-state index contributed by atoms with van der Waals surface area (Å²) in [5.41, 5.74) is 6.34. The van der Waals surface area contributed by atoms with Gasteiger partial charge in [0.25, 0.3) is 0 Å². The van der Waals surface area contributed by atoms with Gasteiger partial charge in [-0.05, 0) is 17.5 Å². The Morgan fingerprint density at radius 1 is 1.41 bits per heavy atom. The predicted octanol–water partition coefficient (Wildman–Crippen LogP) is 3.15. The van der Waals surface area contributed by atoms with E-state index in [-0.39, 0.29) is 0 Å². The minimum Gasteiger partial charge on any atom is -0.495 e. The second-order valence-corrected chi connectivity index (χ2v) is 4.65. The number of benzene rings is 1. The van der Waals surface area contributed by atoms with Gasteiger partial charge in [-0.3, -0.25) is 0 Å². The molecule has 0 fully saturated rings. The Morgan fingerprint density at radius 2 is 2.29 bits per heavy atom. The molecular formula is C12H10N2O2S. The number of thiophene rings is 1. The molecule has 2 heterocycles. The molecule has 0 aliphatic heterocycles. The first-order chi connectivity index (χ1) is 8.29. The first-order valence-electron chi connectivity index (χ1n) is 5.06. The van der Waals surface area contributed by atoms with Gasteiger partial charge in [-0.1, -0.05) is 17.3 Å². The molecule has 0 saturated carbocycles. The van der Waals surface area contributed by atoms with E-state index in [4.69, 9.17) is 15.0 Å². The molecule has 0 spiro atoms. The number of hydrogen-bond donors (Lipinski definition) is 1. The topological polar surface area (TPSA) is 61.3 Å². The standard InChI is InChI=1S/C12H10N2O2S/c1-15-9-4-2-3-7-5-10(17-12(7)9)11-8(13)6-14-16-11/h2-6H,13H2,1H3. The number of nitrogens with two attached hydrogens (primary N) is 1. The van der Waals surface area contributed by atoms with Gasteiger partial charge in [-0.2, -0.15) is 0 Å². The molecule has 0 aliphatic rings. The lowest BCUT2D eigenvalue weighted by atomic mass is 10.2. The summed E-state index contributed by atoms with van der Waals surface area (Å²) in [4.78, 5) is 0.958. The molecule has 0 atom stereocenters. The molecule has 4 nitrogen and oxygen atoms in total. The molecule has 0 bridgehead atoms. The van der Waals surface area contributed by atoms with Gasteiger partial charge in [-0.25, -0.2) is 0 Å². The van der Waals surface area contributed by atoms with Gasteiger partial charge in [-0.15, -0.1) is 11.3 Å². The first-order valence-corrected chi connectivity index (χ1v) is 5.88. The molecule has 86 valence electrons. The van der Waals surface area contributed by atoms with Crippen LogP contribution >= 0.6 is 11.3 Å². The van der Waals surface area contributed by atoms with Crippen LogP contribution in [-0.2, 0) is 0 Å². The van der Waals surface area contributed by atoms with E-state index < -0.39 is 0 Å². The van der Waals surface area contributed by atoms with Crippen LogP contribution in [0.3, 0.4) is 0 Å². The van der Waals surface area contributed by atoms with Gasteiger partial charge in [0, 0.05) is 0 Å². The summed E-state index contributed by atoms with van der Waals surface area (Å²) in [6.45, 7) is 0. The molecule has 2 aromatic heterocycles. The molecule has 5 heteroatoms. The SMILES string of the molecule is COc1cccc2cc(-c3oncc3N)sc12. The summed E-state index contributed by atoms with van der Waals surface area (Å²) >= 11 is 1.58. The number of nitrogen functional groups attached to an aromatic ring is 1. The highest BCUT2D eigenvalue weighted by Gasteiger charge is 2.13. The van der Waals surface area contributed by atoms with Gasteiger partial charge in [0.1, 0.15) is 11.4 Å². The van der Waals surface area contributed by atoms with E-state index in [0.29, 0.717) is 11.4 Å². The van der Waals surface area contributed by atoms with Crippen LogP contribution in [0.2, 0.25) is 0 Å². The molecule has 3 rings (SSSR count). The Hall–Kier alpha value is -2.01. The predicted molar refractivity (Wildman–Crippen MR) is 68.3 cm³/mol. The minimum absolute atomic E-state index is 0.551. The van der Waals surface area contributed by atoms with Gasteiger partial charge in [0.05, 0.1) is 22.9 Å². The van der Waals surface area contributed by atoms with Crippen molar-refractivity contribution in [1.82, 2.24) is 5.16 Å². The Kier molecular flexibility index (Phi) is 2.26. The van der Waals surface area contributed by atoms with E-state index in [2.05, 4.69) is 5.16 Å². The van der Waals surface area contributed by atoms with Gasteiger partial charge in [0.15, 0.2) is 5.76 Å². The monoisotopic (exact) mass is 246 g/mol. The molecular weight excluding hydrogens is 236 g/mol. The van der Waals surface area contributed by atoms with Crippen molar-refractivity contribution in [2.24, 2.45) is 0 Å². The molecule has 1 aromatic carbocycles. The van der Waals surface area contributed by atoms with Crippen LogP contribution in [-0.4, -0.2) is 12.3 Å². The fraction of sp³-hybridized carbons (Fsp3) is 0.0833. The number of nitrogens with zero attached hydrogens (tertiary/aromatic N) is 1. The highest BCUT2D eigenvalue weighted by Crippen LogP contribution is 2.39.